The Morgan fingerprint density at radius 2 is 2.16 bits per heavy atom. The first-order valence-corrected chi connectivity index (χ1v) is 7.09. The van der Waals surface area contributed by atoms with Crippen LogP contribution in [0.3, 0.4) is 0 Å². The highest BCUT2D eigenvalue weighted by Gasteiger charge is 2.35. The standard InChI is InChI=1S/C12H18N4O2S/c1-12(2,3)13-10(17)6-16(8-4-5-8)11(18)9-7-19-15-14-9/h7-8H,4-6H2,1-3H3,(H,13,17). The van der Waals surface area contributed by atoms with Crippen LogP contribution < -0.4 is 5.32 Å². The largest absolute Gasteiger partial charge is 0.350 e. The molecule has 1 aliphatic rings. The van der Waals surface area contributed by atoms with Gasteiger partial charge in [0, 0.05) is 17.0 Å². The van der Waals surface area contributed by atoms with Gasteiger partial charge in [0.15, 0.2) is 5.69 Å². The van der Waals surface area contributed by atoms with E-state index in [4.69, 9.17) is 0 Å². The van der Waals surface area contributed by atoms with Crippen molar-refractivity contribution >= 4 is 23.3 Å². The topological polar surface area (TPSA) is 75.2 Å². The summed E-state index contributed by atoms with van der Waals surface area (Å²) in [5.41, 5.74) is 0.0258. The number of nitrogens with one attached hydrogen (secondary N) is 1. The lowest BCUT2D eigenvalue weighted by Crippen LogP contribution is -2.48. The van der Waals surface area contributed by atoms with Gasteiger partial charge in [0.2, 0.25) is 5.91 Å². The van der Waals surface area contributed by atoms with Crippen molar-refractivity contribution in [1.29, 1.82) is 0 Å². The van der Waals surface area contributed by atoms with Crippen molar-refractivity contribution in [2.45, 2.75) is 45.2 Å². The number of aromatic nitrogens is 2. The molecular formula is C12H18N4O2S. The molecule has 1 heterocycles. The molecule has 0 aliphatic heterocycles. The molecule has 1 N–H and O–H groups in total. The zero-order valence-electron chi connectivity index (χ0n) is 11.3. The van der Waals surface area contributed by atoms with Gasteiger partial charge in [-0.15, -0.1) is 5.10 Å². The van der Waals surface area contributed by atoms with E-state index >= 15 is 0 Å². The fourth-order valence-electron chi connectivity index (χ4n) is 1.77. The first kappa shape index (κ1) is 13.9. The van der Waals surface area contributed by atoms with E-state index in [0.29, 0.717) is 5.69 Å². The zero-order valence-corrected chi connectivity index (χ0v) is 12.2. The highest BCUT2D eigenvalue weighted by atomic mass is 32.1. The number of hydrogen-bond donors (Lipinski definition) is 1. The van der Waals surface area contributed by atoms with E-state index in [0.717, 1.165) is 24.4 Å². The summed E-state index contributed by atoms with van der Waals surface area (Å²) in [6, 6.07) is 0.167. The van der Waals surface area contributed by atoms with Gasteiger partial charge >= 0.3 is 0 Å². The summed E-state index contributed by atoms with van der Waals surface area (Å²) in [5.74, 6) is -0.351. The van der Waals surface area contributed by atoms with Crippen LogP contribution in [0.5, 0.6) is 0 Å². The van der Waals surface area contributed by atoms with Crippen LogP contribution in [0, 0.1) is 0 Å². The molecule has 0 atom stereocenters. The van der Waals surface area contributed by atoms with Crippen molar-refractivity contribution in [3.63, 3.8) is 0 Å². The minimum Gasteiger partial charge on any atom is -0.350 e. The Bertz CT molecular complexity index is 463. The van der Waals surface area contributed by atoms with Crippen LogP contribution in [0.25, 0.3) is 0 Å². The van der Waals surface area contributed by atoms with Gasteiger partial charge in [0.05, 0.1) is 0 Å². The number of carbonyl (C=O) groups is 2. The number of rotatable bonds is 4. The Labute approximate surface area is 116 Å². The van der Waals surface area contributed by atoms with Crippen LogP contribution >= 0.6 is 11.5 Å². The minimum atomic E-state index is -0.294. The maximum absolute atomic E-state index is 12.2. The molecule has 0 aromatic carbocycles. The Kier molecular flexibility index (Phi) is 3.84. The molecule has 19 heavy (non-hydrogen) atoms. The highest BCUT2D eigenvalue weighted by Crippen LogP contribution is 2.27. The molecule has 1 saturated carbocycles. The van der Waals surface area contributed by atoms with E-state index in [9.17, 15) is 9.59 Å². The number of carbonyl (C=O) groups excluding carboxylic acids is 2. The minimum absolute atomic E-state index is 0.0816. The Hall–Kier alpha value is -1.50. The summed E-state index contributed by atoms with van der Waals surface area (Å²) in [6.07, 6.45) is 1.90. The molecule has 1 aromatic heterocycles. The van der Waals surface area contributed by atoms with Crippen LogP contribution in [0.1, 0.15) is 44.1 Å². The summed E-state index contributed by atoms with van der Waals surface area (Å²) < 4.78 is 3.69. The van der Waals surface area contributed by atoms with Gasteiger partial charge in [-0.2, -0.15) is 0 Å². The second-order valence-electron chi connectivity index (χ2n) is 5.75. The van der Waals surface area contributed by atoms with Gasteiger partial charge in [-0.1, -0.05) is 4.49 Å². The number of hydrogen-bond acceptors (Lipinski definition) is 5. The monoisotopic (exact) mass is 282 g/mol. The Morgan fingerprint density at radius 1 is 1.47 bits per heavy atom. The van der Waals surface area contributed by atoms with E-state index in [1.165, 1.54) is 0 Å². The fourth-order valence-corrected chi connectivity index (χ4v) is 2.20. The van der Waals surface area contributed by atoms with Crippen LogP contribution in [0.4, 0.5) is 0 Å². The van der Waals surface area contributed by atoms with Crippen molar-refractivity contribution in [2.24, 2.45) is 0 Å². The van der Waals surface area contributed by atoms with Crippen molar-refractivity contribution in [1.82, 2.24) is 19.8 Å². The third-order valence-corrected chi connectivity index (χ3v) is 3.16. The average Bonchev–Trinajstić information content (AvgIpc) is 2.97. The molecule has 6 nitrogen and oxygen atoms in total. The molecule has 0 unspecified atom stereocenters. The molecule has 2 amide bonds. The molecule has 2 rings (SSSR count). The van der Waals surface area contributed by atoms with Crippen LogP contribution in [-0.2, 0) is 4.79 Å². The lowest BCUT2D eigenvalue weighted by molar-refractivity contribution is -0.123. The molecule has 0 saturated heterocycles. The smallest absolute Gasteiger partial charge is 0.276 e. The maximum Gasteiger partial charge on any atom is 0.276 e. The van der Waals surface area contributed by atoms with E-state index in [1.54, 1.807) is 10.3 Å². The maximum atomic E-state index is 12.2. The molecule has 7 heteroatoms. The average molecular weight is 282 g/mol. The zero-order chi connectivity index (χ0) is 14.0. The Balaban J connectivity index is 2.01. The van der Waals surface area contributed by atoms with Crippen LogP contribution in [-0.4, -0.2) is 44.4 Å². The second kappa shape index (κ2) is 5.24. The van der Waals surface area contributed by atoms with Crippen LogP contribution in [0.15, 0.2) is 5.38 Å². The summed E-state index contributed by atoms with van der Waals surface area (Å²) in [7, 11) is 0. The highest BCUT2D eigenvalue weighted by molar-refractivity contribution is 7.03. The van der Waals surface area contributed by atoms with E-state index in [-0.39, 0.29) is 29.9 Å². The third-order valence-electron chi connectivity index (χ3n) is 2.66. The van der Waals surface area contributed by atoms with Gasteiger partial charge in [0.25, 0.3) is 5.91 Å². The fraction of sp³-hybridized carbons (Fsp3) is 0.667. The van der Waals surface area contributed by atoms with Gasteiger partial charge in [-0.25, -0.2) is 0 Å². The number of nitrogens with zero attached hydrogens (tertiary/aromatic N) is 3. The van der Waals surface area contributed by atoms with Gasteiger partial charge in [-0.05, 0) is 45.1 Å². The molecule has 0 spiro atoms. The summed E-state index contributed by atoms with van der Waals surface area (Å²) in [6.45, 7) is 5.83. The molecule has 1 aromatic rings. The molecule has 1 aliphatic carbocycles. The third kappa shape index (κ3) is 3.99. The van der Waals surface area contributed by atoms with E-state index < -0.39 is 0 Å². The van der Waals surface area contributed by atoms with E-state index in [1.807, 2.05) is 20.8 Å². The van der Waals surface area contributed by atoms with Crippen molar-refractivity contribution < 1.29 is 9.59 Å². The first-order chi connectivity index (χ1) is 8.87. The van der Waals surface area contributed by atoms with Gasteiger partial charge < -0.3 is 10.2 Å². The molecule has 0 radical (unpaired) electrons. The summed E-state index contributed by atoms with van der Waals surface area (Å²) in [5, 5.41) is 8.25. The molecule has 1 fully saturated rings. The van der Waals surface area contributed by atoms with Crippen molar-refractivity contribution in [2.75, 3.05) is 6.54 Å². The predicted octanol–water partition coefficient (Wildman–Crippen LogP) is 1.06. The predicted molar refractivity (Wildman–Crippen MR) is 71.9 cm³/mol. The van der Waals surface area contributed by atoms with Gasteiger partial charge in [-0.3, -0.25) is 9.59 Å². The van der Waals surface area contributed by atoms with E-state index in [2.05, 4.69) is 14.9 Å². The molecular weight excluding hydrogens is 264 g/mol. The molecule has 0 bridgehead atoms. The quantitative estimate of drug-likeness (QED) is 0.896. The second-order valence-corrected chi connectivity index (χ2v) is 6.36. The SMILES string of the molecule is CC(C)(C)NC(=O)CN(C(=O)c1csnn1)C1CC1. The normalized spacial score (nSPS) is 15.1. The van der Waals surface area contributed by atoms with Gasteiger partial charge in [0.1, 0.15) is 6.54 Å². The lowest BCUT2D eigenvalue weighted by Gasteiger charge is -2.25. The van der Waals surface area contributed by atoms with Crippen molar-refractivity contribution in [3.05, 3.63) is 11.1 Å². The first-order valence-electron chi connectivity index (χ1n) is 6.26. The molecule has 104 valence electrons. The van der Waals surface area contributed by atoms with Crippen molar-refractivity contribution in [3.8, 4) is 0 Å². The summed E-state index contributed by atoms with van der Waals surface area (Å²) >= 11 is 1.14. The van der Waals surface area contributed by atoms with Crippen LogP contribution in [0.2, 0.25) is 0 Å². The lowest BCUT2D eigenvalue weighted by atomic mass is 10.1. The number of amides is 2. The summed E-state index contributed by atoms with van der Waals surface area (Å²) in [4.78, 5) is 25.8. The Morgan fingerprint density at radius 3 is 2.63 bits per heavy atom.